The number of hydrogen-bond acceptors (Lipinski definition) is 2. The second kappa shape index (κ2) is 5.73. The quantitative estimate of drug-likeness (QED) is 0.250. The zero-order valence-corrected chi connectivity index (χ0v) is 11.0. The van der Waals surface area contributed by atoms with Gasteiger partial charge in [-0.3, -0.25) is 10.1 Å². The number of rotatable bonds is 2. The molecule has 0 aliphatic rings. The van der Waals surface area contributed by atoms with Gasteiger partial charge in [0.1, 0.15) is 5.56 Å². The number of nitro groups is 1. The summed E-state index contributed by atoms with van der Waals surface area (Å²) in [5, 5.41) is 10.9. The maximum atomic E-state index is 13.7. The molecule has 0 N–H and O–H groups in total. The van der Waals surface area contributed by atoms with Gasteiger partial charge in [0, 0.05) is 0 Å². The Bertz CT molecular complexity index is 818. The van der Waals surface area contributed by atoms with Crippen molar-refractivity contribution in [1.29, 1.82) is 0 Å². The van der Waals surface area contributed by atoms with Crippen LogP contribution in [0.5, 0.6) is 0 Å². The molecule has 0 saturated heterocycles. The van der Waals surface area contributed by atoms with Crippen LogP contribution in [0.3, 0.4) is 0 Å². The highest BCUT2D eigenvalue weighted by Crippen LogP contribution is 2.43. The Kier molecular flexibility index (Phi) is 4.21. The van der Waals surface area contributed by atoms with Crippen molar-refractivity contribution in [1.82, 2.24) is 0 Å². The summed E-state index contributed by atoms with van der Waals surface area (Å²) in [7, 11) is 0. The van der Waals surface area contributed by atoms with Gasteiger partial charge in [-0.15, -0.1) is 0 Å². The summed E-state index contributed by atoms with van der Waals surface area (Å²) in [4.78, 5) is 9.31. The van der Waals surface area contributed by atoms with E-state index < -0.39 is 62.6 Å². The van der Waals surface area contributed by atoms with Crippen LogP contribution in [0.2, 0.25) is 0 Å². The highest BCUT2D eigenvalue weighted by molar-refractivity contribution is 5.77. The number of benzene rings is 2. The maximum absolute atomic E-state index is 13.7. The first kappa shape index (κ1) is 17.6. The largest absolute Gasteiger partial charge is 0.423 e. The first-order chi connectivity index (χ1) is 11.0. The van der Waals surface area contributed by atoms with Gasteiger partial charge in [-0.2, -0.15) is 13.2 Å². The molecule has 128 valence electrons. The monoisotopic (exact) mass is 357 g/mol. The third kappa shape index (κ3) is 2.65. The molecule has 0 radical (unpaired) electrons. The third-order valence-electron chi connectivity index (χ3n) is 3.00. The zero-order valence-electron chi connectivity index (χ0n) is 11.0. The topological polar surface area (TPSA) is 43.1 Å². The Labute approximate surface area is 127 Å². The Hall–Kier alpha value is -2.72. The van der Waals surface area contributed by atoms with Crippen molar-refractivity contribution in [2.45, 2.75) is 6.18 Å². The number of nitro benzene ring substituents is 1. The molecule has 0 amide bonds. The Morgan fingerprint density at radius 2 is 1.29 bits per heavy atom. The Morgan fingerprint density at radius 3 is 1.71 bits per heavy atom. The van der Waals surface area contributed by atoms with Gasteiger partial charge in [0.15, 0.2) is 23.3 Å². The second-order valence-corrected chi connectivity index (χ2v) is 4.40. The van der Waals surface area contributed by atoms with Crippen LogP contribution in [0, 0.1) is 39.2 Å². The molecule has 11 heteroatoms. The van der Waals surface area contributed by atoms with Crippen molar-refractivity contribution in [2.24, 2.45) is 0 Å². The van der Waals surface area contributed by atoms with E-state index in [2.05, 4.69) is 0 Å². The van der Waals surface area contributed by atoms with Crippen LogP contribution in [0.4, 0.5) is 40.8 Å². The first-order valence-electron chi connectivity index (χ1n) is 5.84. The van der Waals surface area contributed by atoms with E-state index >= 15 is 0 Å². The average molecular weight is 357 g/mol. The highest BCUT2D eigenvalue weighted by Gasteiger charge is 2.41. The standard InChI is InChI=1S/C13H3F8NO2/c14-7-6(8(15)10(17)11(18)9(7)16)4-2-1-3-5(13(19,20)21)12(4)22(23)24/h1-3H. The van der Waals surface area contributed by atoms with Gasteiger partial charge in [-0.05, 0) is 12.1 Å². The molecule has 2 aromatic rings. The summed E-state index contributed by atoms with van der Waals surface area (Å²) < 4.78 is 105. The van der Waals surface area contributed by atoms with E-state index in [-0.39, 0.29) is 6.07 Å². The molecule has 0 aliphatic heterocycles. The van der Waals surface area contributed by atoms with Crippen molar-refractivity contribution in [3.63, 3.8) is 0 Å². The van der Waals surface area contributed by atoms with Gasteiger partial charge in [0.05, 0.1) is 16.1 Å². The second-order valence-electron chi connectivity index (χ2n) is 4.40. The molecule has 0 aliphatic carbocycles. The summed E-state index contributed by atoms with van der Waals surface area (Å²) in [6, 6.07) is 1.24. The first-order valence-corrected chi connectivity index (χ1v) is 5.84. The van der Waals surface area contributed by atoms with E-state index in [1.807, 2.05) is 0 Å². The number of halogens is 8. The fourth-order valence-electron chi connectivity index (χ4n) is 2.01. The van der Waals surface area contributed by atoms with Gasteiger partial charge < -0.3 is 0 Å². The van der Waals surface area contributed by atoms with Gasteiger partial charge in [-0.25, -0.2) is 22.0 Å². The predicted octanol–water partition coefficient (Wildman–Crippen LogP) is 4.98. The molecular weight excluding hydrogens is 354 g/mol. The van der Waals surface area contributed by atoms with E-state index in [9.17, 15) is 45.2 Å². The molecule has 2 rings (SSSR count). The van der Waals surface area contributed by atoms with Gasteiger partial charge in [-0.1, -0.05) is 6.07 Å². The van der Waals surface area contributed by atoms with Crippen molar-refractivity contribution >= 4 is 5.69 Å². The lowest BCUT2D eigenvalue weighted by Crippen LogP contribution is -2.11. The molecule has 0 saturated carbocycles. The summed E-state index contributed by atoms with van der Waals surface area (Å²) in [6.07, 6.45) is -5.29. The molecule has 0 unspecified atom stereocenters. The van der Waals surface area contributed by atoms with Crippen LogP contribution < -0.4 is 0 Å². The molecule has 0 spiro atoms. The van der Waals surface area contributed by atoms with E-state index in [1.165, 1.54) is 0 Å². The summed E-state index contributed by atoms with van der Waals surface area (Å²) >= 11 is 0. The predicted molar refractivity (Wildman–Crippen MR) is 63.3 cm³/mol. The van der Waals surface area contributed by atoms with Crippen LogP contribution in [-0.4, -0.2) is 4.92 Å². The molecule has 0 bridgehead atoms. The van der Waals surface area contributed by atoms with Crippen molar-refractivity contribution in [2.75, 3.05) is 0 Å². The molecule has 0 heterocycles. The number of alkyl halides is 3. The summed E-state index contributed by atoms with van der Waals surface area (Å²) in [5.41, 5.74) is -6.92. The normalized spacial score (nSPS) is 11.7. The van der Waals surface area contributed by atoms with Crippen LogP contribution in [0.1, 0.15) is 5.56 Å². The van der Waals surface area contributed by atoms with E-state index in [1.54, 1.807) is 0 Å². The summed E-state index contributed by atoms with van der Waals surface area (Å²) in [6.45, 7) is 0. The van der Waals surface area contributed by atoms with E-state index in [4.69, 9.17) is 0 Å². The Balaban J connectivity index is 2.97. The van der Waals surface area contributed by atoms with E-state index in [0.717, 1.165) is 0 Å². The summed E-state index contributed by atoms with van der Waals surface area (Å²) in [5.74, 6) is -12.4. The molecule has 0 aromatic heterocycles. The molecule has 24 heavy (non-hydrogen) atoms. The Morgan fingerprint density at radius 1 is 0.833 bits per heavy atom. The lowest BCUT2D eigenvalue weighted by molar-refractivity contribution is -0.387. The smallest absolute Gasteiger partial charge is 0.258 e. The van der Waals surface area contributed by atoms with Crippen LogP contribution >= 0.6 is 0 Å². The van der Waals surface area contributed by atoms with Gasteiger partial charge >= 0.3 is 6.18 Å². The minimum absolute atomic E-state index is 0.244. The molecular formula is C13H3F8NO2. The van der Waals surface area contributed by atoms with Gasteiger partial charge in [0.2, 0.25) is 5.82 Å². The highest BCUT2D eigenvalue weighted by atomic mass is 19.4. The average Bonchev–Trinajstić information content (AvgIpc) is 2.50. The zero-order chi connectivity index (χ0) is 18.4. The number of hydrogen-bond donors (Lipinski definition) is 0. The van der Waals surface area contributed by atoms with E-state index in [0.29, 0.717) is 12.1 Å². The van der Waals surface area contributed by atoms with Crippen LogP contribution in [0.25, 0.3) is 11.1 Å². The minimum atomic E-state index is -5.29. The fourth-order valence-corrected chi connectivity index (χ4v) is 2.01. The molecule has 0 atom stereocenters. The molecule has 3 nitrogen and oxygen atoms in total. The lowest BCUT2D eigenvalue weighted by Gasteiger charge is -2.12. The van der Waals surface area contributed by atoms with Gasteiger partial charge in [0.25, 0.3) is 5.69 Å². The number of nitrogens with zero attached hydrogens (tertiary/aromatic N) is 1. The maximum Gasteiger partial charge on any atom is 0.423 e. The van der Waals surface area contributed by atoms with Crippen LogP contribution in [-0.2, 0) is 6.18 Å². The van der Waals surface area contributed by atoms with Crippen molar-refractivity contribution < 1.29 is 40.0 Å². The lowest BCUT2D eigenvalue weighted by atomic mass is 9.98. The fraction of sp³-hybridized carbons (Fsp3) is 0.0769. The molecule has 2 aromatic carbocycles. The van der Waals surface area contributed by atoms with Crippen LogP contribution in [0.15, 0.2) is 18.2 Å². The third-order valence-corrected chi connectivity index (χ3v) is 3.00. The molecule has 0 fully saturated rings. The van der Waals surface area contributed by atoms with Crippen molar-refractivity contribution in [3.8, 4) is 11.1 Å². The SMILES string of the molecule is O=[N+]([O-])c1c(-c2c(F)c(F)c(F)c(F)c2F)cccc1C(F)(F)F. The number of para-hydroxylation sites is 1. The minimum Gasteiger partial charge on any atom is -0.258 e. The van der Waals surface area contributed by atoms with Crippen molar-refractivity contribution in [3.05, 3.63) is 63.0 Å².